The summed E-state index contributed by atoms with van der Waals surface area (Å²) in [5.41, 5.74) is 0.831. The van der Waals surface area contributed by atoms with Crippen LogP contribution in [0.2, 0.25) is 0 Å². The number of benzene rings is 2. The Hall–Kier alpha value is -2.41. The van der Waals surface area contributed by atoms with Crippen LogP contribution in [-0.4, -0.2) is 29.0 Å². The maximum atomic E-state index is 14.0. The van der Waals surface area contributed by atoms with E-state index in [9.17, 15) is 23.3 Å². The van der Waals surface area contributed by atoms with Crippen LogP contribution in [0.3, 0.4) is 0 Å². The predicted molar refractivity (Wildman–Crippen MR) is 81.6 cm³/mol. The summed E-state index contributed by atoms with van der Waals surface area (Å²) >= 11 is 0. The molecule has 0 aliphatic carbocycles. The Morgan fingerprint density at radius 2 is 1.75 bits per heavy atom. The van der Waals surface area contributed by atoms with Gasteiger partial charge in [0.15, 0.2) is 17.5 Å². The van der Waals surface area contributed by atoms with E-state index in [2.05, 4.69) is 0 Å². The molecule has 126 valence electrons. The molecule has 1 saturated heterocycles. The van der Waals surface area contributed by atoms with Gasteiger partial charge in [0.1, 0.15) is 0 Å². The SMILES string of the molecule is O=[N+]([O-])C1CN(Cc2ccccc2)CC1c1ccc(F)c(F)c1F. The molecule has 1 aliphatic rings. The van der Waals surface area contributed by atoms with Crippen LogP contribution in [0.1, 0.15) is 17.0 Å². The van der Waals surface area contributed by atoms with Gasteiger partial charge in [0.05, 0.1) is 12.5 Å². The van der Waals surface area contributed by atoms with Crippen molar-refractivity contribution in [3.05, 3.63) is 81.2 Å². The molecule has 1 aliphatic heterocycles. The van der Waals surface area contributed by atoms with E-state index in [0.29, 0.717) is 6.54 Å². The number of hydrogen-bond donors (Lipinski definition) is 0. The van der Waals surface area contributed by atoms with Gasteiger partial charge in [0.25, 0.3) is 0 Å². The fraction of sp³-hybridized carbons (Fsp3) is 0.294. The van der Waals surface area contributed by atoms with Crippen LogP contribution in [-0.2, 0) is 6.54 Å². The van der Waals surface area contributed by atoms with Gasteiger partial charge in [-0.05, 0) is 11.6 Å². The number of likely N-dealkylation sites (tertiary alicyclic amines) is 1. The molecule has 2 aromatic carbocycles. The van der Waals surface area contributed by atoms with Crippen LogP contribution in [0.5, 0.6) is 0 Å². The molecule has 2 aromatic rings. The van der Waals surface area contributed by atoms with Crippen molar-refractivity contribution in [2.24, 2.45) is 0 Å². The Kier molecular flexibility index (Phi) is 4.53. The lowest BCUT2D eigenvalue weighted by molar-refractivity contribution is -0.521. The molecular formula is C17H15F3N2O2. The van der Waals surface area contributed by atoms with Gasteiger partial charge in [-0.2, -0.15) is 0 Å². The maximum Gasteiger partial charge on any atom is 0.233 e. The van der Waals surface area contributed by atoms with E-state index in [0.717, 1.165) is 17.7 Å². The molecule has 3 rings (SSSR count). The molecule has 2 atom stereocenters. The maximum absolute atomic E-state index is 14.0. The summed E-state index contributed by atoms with van der Waals surface area (Å²) in [5, 5.41) is 11.3. The summed E-state index contributed by atoms with van der Waals surface area (Å²) < 4.78 is 40.6. The Labute approximate surface area is 136 Å². The number of nitrogens with zero attached hydrogens (tertiary/aromatic N) is 2. The summed E-state index contributed by atoms with van der Waals surface area (Å²) in [5.74, 6) is -5.05. The number of rotatable bonds is 4. The van der Waals surface area contributed by atoms with Gasteiger partial charge < -0.3 is 0 Å². The van der Waals surface area contributed by atoms with E-state index >= 15 is 0 Å². The molecule has 0 N–H and O–H groups in total. The van der Waals surface area contributed by atoms with Crippen molar-refractivity contribution in [2.75, 3.05) is 13.1 Å². The zero-order valence-corrected chi connectivity index (χ0v) is 12.7. The van der Waals surface area contributed by atoms with Gasteiger partial charge in [-0.1, -0.05) is 36.4 Å². The summed E-state index contributed by atoms with van der Waals surface area (Å²) in [6, 6.07) is 10.2. The second-order valence-electron chi connectivity index (χ2n) is 5.90. The molecule has 4 nitrogen and oxygen atoms in total. The monoisotopic (exact) mass is 336 g/mol. The third kappa shape index (κ3) is 3.12. The Morgan fingerprint density at radius 1 is 1.04 bits per heavy atom. The van der Waals surface area contributed by atoms with Crippen LogP contribution >= 0.6 is 0 Å². The highest BCUT2D eigenvalue weighted by Gasteiger charge is 2.43. The molecular weight excluding hydrogens is 321 g/mol. The van der Waals surface area contributed by atoms with Crippen LogP contribution in [0, 0.1) is 27.6 Å². The quantitative estimate of drug-likeness (QED) is 0.489. The first-order valence-electron chi connectivity index (χ1n) is 7.50. The van der Waals surface area contributed by atoms with Crippen LogP contribution in [0.25, 0.3) is 0 Å². The summed E-state index contributed by atoms with van der Waals surface area (Å²) in [6.45, 7) is 0.820. The smallest absolute Gasteiger partial charge is 0.233 e. The lowest BCUT2D eigenvalue weighted by atomic mass is 9.94. The second kappa shape index (κ2) is 6.60. The average Bonchev–Trinajstić information content (AvgIpc) is 2.97. The van der Waals surface area contributed by atoms with E-state index in [4.69, 9.17) is 0 Å². The van der Waals surface area contributed by atoms with Gasteiger partial charge in [-0.15, -0.1) is 0 Å². The molecule has 24 heavy (non-hydrogen) atoms. The number of nitro groups is 1. The largest absolute Gasteiger partial charge is 0.292 e. The molecule has 0 bridgehead atoms. The van der Waals surface area contributed by atoms with Crippen LogP contribution < -0.4 is 0 Å². The zero-order chi connectivity index (χ0) is 17.3. The molecule has 0 radical (unpaired) electrons. The summed E-state index contributed by atoms with van der Waals surface area (Å²) in [4.78, 5) is 12.7. The summed E-state index contributed by atoms with van der Waals surface area (Å²) in [6.07, 6.45) is 0. The van der Waals surface area contributed by atoms with Crippen molar-refractivity contribution >= 4 is 0 Å². The normalized spacial score (nSPS) is 21.1. The van der Waals surface area contributed by atoms with E-state index in [1.165, 1.54) is 0 Å². The van der Waals surface area contributed by atoms with Crippen molar-refractivity contribution in [1.82, 2.24) is 4.90 Å². The average molecular weight is 336 g/mol. The third-order valence-corrected chi connectivity index (χ3v) is 4.35. The predicted octanol–water partition coefficient (Wildman–Crippen LogP) is 3.35. The fourth-order valence-corrected chi connectivity index (χ4v) is 3.18. The van der Waals surface area contributed by atoms with Crippen molar-refractivity contribution in [3.8, 4) is 0 Å². The minimum Gasteiger partial charge on any atom is -0.292 e. The minimum atomic E-state index is -1.59. The van der Waals surface area contributed by atoms with E-state index in [-0.39, 0.29) is 18.7 Å². The number of halogens is 3. The van der Waals surface area contributed by atoms with Gasteiger partial charge in [-0.25, -0.2) is 13.2 Å². The van der Waals surface area contributed by atoms with Crippen molar-refractivity contribution in [3.63, 3.8) is 0 Å². The van der Waals surface area contributed by atoms with Crippen molar-refractivity contribution < 1.29 is 18.1 Å². The van der Waals surface area contributed by atoms with E-state index < -0.39 is 34.3 Å². The third-order valence-electron chi connectivity index (χ3n) is 4.35. The topological polar surface area (TPSA) is 46.4 Å². The van der Waals surface area contributed by atoms with Gasteiger partial charge in [0, 0.05) is 23.6 Å². The lowest BCUT2D eigenvalue weighted by Gasteiger charge is -2.15. The first-order valence-corrected chi connectivity index (χ1v) is 7.50. The Morgan fingerprint density at radius 3 is 2.42 bits per heavy atom. The number of hydrogen-bond acceptors (Lipinski definition) is 3. The van der Waals surface area contributed by atoms with E-state index in [1.54, 1.807) is 0 Å². The molecule has 1 fully saturated rings. The first-order chi connectivity index (χ1) is 11.5. The summed E-state index contributed by atoms with van der Waals surface area (Å²) in [7, 11) is 0. The highest BCUT2D eigenvalue weighted by molar-refractivity contribution is 5.27. The Bertz CT molecular complexity index is 755. The molecule has 0 saturated carbocycles. The molecule has 0 aromatic heterocycles. The van der Waals surface area contributed by atoms with Gasteiger partial charge in [-0.3, -0.25) is 15.0 Å². The Balaban J connectivity index is 1.87. The molecule has 1 heterocycles. The molecule has 2 unspecified atom stereocenters. The highest BCUT2D eigenvalue weighted by Crippen LogP contribution is 2.33. The highest BCUT2D eigenvalue weighted by atomic mass is 19.2. The lowest BCUT2D eigenvalue weighted by Crippen LogP contribution is -2.28. The molecule has 7 heteroatoms. The minimum absolute atomic E-state index is 0.130. The molecule has 0 spiro atoms. The van der Waals surface area contributed by atoms with Crippen LogP contribution in [0.15, 0.2) is 42.5 Å². The first kappa shape index (κ1) is 16.4. The zero-order valence-electron chi connectivity index (χ0n) is 12.7. The van der Waals surface area contributed by atoms with Crippen LogP contribution in [0.4, 0.5) is 13.2 Å². The van der Waals surface area contributed by atoms with Crippen molar-refractivity contribution in [1.29, 1.82) is 0 Å². The van der Waals surface area contributed by atoms with E-state index in [1.807, 2.05) is 35.2 Å². The van der Waals surface area contributed by atoms with Gasteiger partial charge >= 0.3 is 0 Å². The van der Waals surface area contributed by atoms with Gasteiger partial charge in [0.2, 0.25) is 6.04 Å². The standard InChI is InChI=1S/C17H15F3N2O2/c18-14-7-6-12(16(19)17(14)20)13-9-21(10-15(13)22(23)24)8-11-4-2-1-3-5-11/h1-7,13,15H,8-10H2. The fourth-order valence-electron chi connectivity index (χ4n) is 3.18. The molecule has 0 amide bonds. The second-order valence-corrected chi connectivity index (χ2v) is 5.90. The van der Waals surface area contributed by atoms with Crippen molar-refractivity contribution in [2.45, 2.75) is 18.5 Å².